The molecule has 7 heteroatoms. The Morgan fingerprint density at radius 2 is 1.89 bits per heavy atom. The molecule has 1 N–H and O–H groups in total. The lowest BCUT2D eigenvalue weighted by atomic mass is 9.99. The Labute approximate surface area is 170 Å². The van der Waals surface area contributed by atoms with E-state index in [9.17, 15) is 9.90 Å². The molecule has 1 saturated heterocycles. The van der Waals surface area contributed by atoms with Crippen LogP contribution in [0.4, 0.5) is 5.82 Å². The number of benzene rings is 1. The number of amides is 1. The van der Waals surface area contributed by atoms with Gasteiger partial charge in [0.05, 0.1) is 17.7 Å². The van der Waals surface area contributed by atoms with Crippen LogP contribution in [0.1, 0.15) is 48.1 Å². The molecule has 1 aliphatic heterocycles. The van der Waals surface area contributed by atoms with Crippen molar-refractivity contribution in [1.29, 1.82) is 0 Å². The first kappa shape index (κ1) is 19.2. The predicted molar refractivity (Wildman–Crippen MR) is 108 cm³/mol. The number of aliphatic hydroxyl groups is 1. The van der Waals surface area contributed by atoms with E-state index in [1.54, 1.807) is 12.1 Å². The molecule has 1 aliphatic carbocycles. The number of halogens is 1. The summed E-state index contributed by atoms with van der Waals surface area (Å²) in [6, 6.07) is 7.27. The fourth-order valence-electron chi connectivity index (χ4n) is 4.15. The number of hydrogen-bond acceptors (Lipinski definition) is 5. The fourth-order valence-corrected chi connectivity index (χ4v) is 4.28. The lowest BCUT2D eigenvalue weighted by Crippen LogP contribution is -2.50. The number of aliphatic hydroxyl groups excluding tert-OH is 1. The molecule has 147 valence electrons. The minimum Gasteiger partial charge on any atom is -0.387 e. The average Bonchev–Trinajstić information content (AvgIpc) is 3.01. The first-order valence-electron chi connectivity index (χ1n) is 9.61. The van der Waals surface area contributed by atoms with Gasteiger partial charge in [-0.15, -0.1) is 0 Å². The smallest absolute Gasteiger partial charge is 0.230 e. The first-order chi connectivity index (χ1) is 13.5. The van der Waals surface area contributed by atoms with Crippen LogP contribution in [0.25, 0.3) is 0 Å². The van der Waals surface area contributed by atoms with E-state index in [-0.39, 0.29) is 11.8 Å². The van der Waals surface area contributed by atoms with Crippen LogP contribution in [-0.2, 0) is 4.79 Å². The third kappa shape index (κ3) is 3.47. The van der Waals surface area contributed by atoms with E-state index in [4.69, 9.17) is 11.6 Å². The monoisotopic (exact) mass is 399 g/mol. The zero-order chi connectivity index (χ0) is 19.8. The summed E-state index contributed by atoms with van der Waals surface area (Å²) in [5.41, 5.74) is 2.66. The van der Waals surface area contributed by atoms with Gasteiger partial charge in [0.15, 0.2) is 0 Å². The highest BCUT2D eigenvalue weighted by Gasteiger charge is 2.34. The maximum atomic E-state index is 12.9. The van der Waals surface area contributed by atoms with Crippen molar-refractivity contribution in [2.45, 2.75) is 31.3 Å². The predicted octanol–water partition coefficient (Wildman–Crippen LogP) is 2.94. The van der Waals surface area contributed by atoms with Gasteiger partial charge >= 0.3 is 0 Å². The van der Waals surface area contributed by atoms with Crippen LogP contribution < -0.4 is 4.90 Å². The molecule has 3 atom stereocenters. The Hall–Kier alpha value is -2.18. The van der Waals surface area contributed by atoms with E-state index in [1.807, 2.05) is 17.0 Å². The number of anilines is 1. The first-order valence-corrected chi connectivity index (χ1v) is 9.98. The highest BCUT2D eigenvalue weighted by Crippen LogP contribution is 2.42. The molecule has 2 aromatic rings. The minimum atomic E-state index is -0.513. The second-order valence-corrected chi connectivity index (χ2v) is 8.00. The van der Waals surface area contributed by atoms with Crippen molar-refractivity contribution < 1.29 is 9.90 Å². The van der Waals surface area contributed by atoms with E-state index < -0.39 is 12.0 Å². The van der Waals surface area contributed by atoms with Gasteiger partial charge in [-0.3, -0.25) is 4.79 Å². The van der Waals surface area contributed by atoms with Crippen LogP contribution >= 0.6 is 11.6 Å². The van der Waals surface area contributed by atoms with Crippen molar-refractivity contribution in [3.05, 3.63) is 59.4 Å². The number of carbonyl (C=O) groups is 1. The summed E-state index contributed by atoms with van der Waals surface area (Å²) in [6.45, 7) is 8.80. The van der Waals surface area contributed by atoms with Crippen molar-refractivity contribution in [3.63, 3.8) is 0 Å². The van der Waals surface area contributed by atoms with Gasteiger partial charge in [-0.05, 0) is 37.0 Å². The second-order valence-electron chi connectivity index (χ2n) is 7.57. The summed E-state index contributed by atoms with van der Waals surface area (Å²) < 4.78 is 0. The van der Waals surface area contributed by atoms with E-state index in [1.165, 1.54) is 6.33 Å². The Morgan fingerprint density at radius 1 is 1.21 bits per heavy atom. The maximum absolute atomic E-state index is 12.9. The zero-order valence-electron chi connectivity index (χ0n) is 15.9. The number of rotatable bonds is 3. The van der Waals surface area contributed by atoms with Gasteiger partial charge in [0.2, 0.25) is 5.91 Å². The van der Waals surface area contributed by atoms with E-state index in [2.05, 4.69) is 28.7 Å². The number of piperazine rings is 1. The normalized spacial score (nSPS) is 22.9. The standard InChI is InChI=1S/C21H24ClN4O2/c1-13-11-17(27)19-18(13)20(24-12-23-19)25-7-9-26(10-8-25)21(28)14(2)15-3-5-16(22)6-4-15/h3-6,12-14,17,27H,2,7-11H2,1H3/t13-,14+,17-/m1/s1. The Morgan fingerprint density at radius 3 is 2.57 bits per heavy atom. The van der Waals surface area contributed by atoms with Gasteiger partial charge in [0.1, 0.15) is 12.1 Å². The van der Waals surface area contributed by atoms with Crippen molar-refractivity contribution in [2.24, 2.45) is 0 Å². The zero-order valence-corrected chi connectivity index (χ0v) is 16.6. The molecule has 2 aliphatic rings. The third-order valence-electron chi connectivity index (χ3n) is 5.74. The van der Waals surface area contributed by atoms with Gasteiger partial charge in [-0.2, -0.15) is 0 Å². The van der Waals surface area contributed by atoms with Crippen molar-refractivity contribution in [1.82, 2.24) is 14.9 Å². The minimum absolute atomic E-state index is 0.0266. The Kier molecular flexibility index (Phi) is 5.25. The SMILES string of the molecule is [CH2][C@H](C(=O)N1CCN(c2ncnc3c2[C@H](C)C[C@H]3O)CC1)c1ccc(Cl)cc1. The van der Waals surface area contributed by atoms with Crippen LogP contribution in [0.2, 0.25) is 5.02 Å². The molecule has 6 nitrogen and oxygen atoms in total. The largest absolute Gasteiger partial charge is 0.387 e. The quantitative estimate of drug-likeness (QED) is 0.859. The lowest BCUT2D eigenvalue weighted by Gasteiger charge is -2.37. The van der Waals surface area contributed by atoms with Gasteiger partial charge in [0.25, 0.3) is 0 Å². The molecule has 0 saturated carbocycles. The van der Waals surface area contributed by atoms with Crippen molar-refractivity contribution in [2.75, 3.05) is 31.1 Å². The molecule has 28 heavy (non-hydrogen) atoms. The molecule has 0 unspecified atom stereocenters. The van der Waals surface area contributed by atoms with Crippen LogP contribution in [0.3, 0.4) is 0 Å². The van der Waals surface area contributed by atoms with Gasteiger partial charge in [-0.25, -0.2) is 9.97 Å². The number of aromatic nitrogens is 2. The molecule has 1 amide bonds. The number of hydrogen-bond donors (Lipinski definition) is 1. The van der Waals surface area contributed by atoms with E-state index in [0.717, 1.165) is 22.6 Å². The highest BCUT2D eigenvalue weighted by molar-refractivity contribution is 6.30. The number of carbonyl (C=O) groups excluding carboxylic acids is 1. The summed E-state index contributed by atoms with van der Waals surface area (Å²) in [5.74, 6) is 0.709. The summed E-state index contributed by atoms with van der Waals surface area (Å²) in [5, 5.41) is 10.8. The molecule has 1 aromatic carbocycles. The van der Waals surface area contributed by atoms with E-state index in [0.29, 0.717) is 37.6 Å². The second kappa shape index (κ2) is 7.68. The van der Waals surface area contributed by atoms with Gasteiger partial charge < -0.3 is 14.9 Å². The lowest BCUT2D eigenvalue weighted by molar-refractivity contribution is -0.132. The summed E-state index contributed by atoms with van der Waals surface area (Å²) in [6.07, 6.45) is 1.70. The summed E-state index contributed by atoms with van der Waals surface area (Å²) in [7, 11) is 0. The molecule has 2 heterocycles. The molecular weight excluding hydrogens is 376 g/mol. The molecule has 1 radical (unpaired) electrons. The van der Waals surface area contributed by atoms with Crippen LogP contribution in [0.15, 0.2) is 30.6 Å². The average molecular weight is 400 g/mol. The molecule has 4 rings (SSSR count). The summed E-state index contributed by atoms with van der Waals surface area (Å²) in [4.78, 5) is 25.7. The fraction of sp³-hybridized carbons (Fsp3) is 0.429. The van der Waals surface area contributed by atoms with Crippen molar-refractivity contribution in [3.8, 4) is 0 Å². The highest BCUT2D eigenvalue weighted by atomic mass is 35.5. The molecule has 0 bridgehead atoms. The third-order valence-corrected chi connectivity index (χ3v) is 5.99. The van der Waals surface area contributed by atoms with Crippen molar-refractivity contribution >= 4 is 23.3 Å². The van der Waals surface area contributed by atoms with Gasteiger partial charge in [0, 0.05) is 36.8 Å². The van der Waals surface area contributed by atoms with E-state index >= 15 is 0 Å². The van der Waals surface area contributed by atoms with Gasteiger partial charge in [-0.1, -0.05) is 30.7 Å². The number of nitrogens with zero attached hydrogens (tertiary/aromatic N) is 4. The molecular formula is C21H24ClN4O2. The van der Waals surface area contributed by atoms with Crippen LogP contribution in [-0.4, -0.2) is 52.1 Å². The number of fused-ring (bicyclic) bond motifs is 1. The summed E-state index contributed by atoms with van der Waals surface area (Å²) >= 11 is 5.93. The van der Waals surface area contributed by atoms with Crippen LogP contribution in [0.5, 0.6) is 0 Å². The molecule has 1 aromatic heterocycles. The molecule has 0 spiro atoms. The Bertz CT molecular complexity index is 865. The maximum Gasteiger partial charge on any atom is 0.230 e. The van der Waals surface area contributed by atoms with Crippen LogP contribution in [0, 0.1) is 6.92 Å². The Balaban J connectivity index is 1.44. The molecule has 1 fully saturated rings. The topological polar surface area (TPSA) is 69.6 Å².